The van der Waals surface area contributed by atoms with E-state index in [0.717, 1.165) is 21.0 Å². The second-order valence-corrected chi connectivity index (χ2v) is 12.5. The summed E-state index contributed by atoms with van der Waals surface area (Å²) in [6.07, 6.45) is 0.133. The molecule has 0 spiro atoms. The standard InChI is InChI=1S/C33H33ClFN3O4S/c1-23-13-16-28(19-24(23)2)38(43(41,42)29-17-14-27(34)15-18-29)22-32(39)37(21-26-11-7-8-12-30(26)35)31(33(40)36-3)20-25-9-5-4-6-10-25/h4-19,31H,20-22H2,1-3H3,(H,36,40). The summed E-state index contributed by atoms with van der Waals surface area (Å²) in [5, 5.41) is 2.97. The first-order valence-corrected chi connectivity index (χ1v) is 15.5. The van der Waals surface area contributed by atoms with Crippen LogP contribution >= 0.6 is 11.6 Å². The molecule has 4 rings (SSSR count). The number of carbonyl (C=O) groups is 2. The number of aryl methyl sites for hydroxylation is 2. The molecule has 2 amide bonds. The number of nitrogens with zero attached hydrogens (tertiary/aromatic N) is 2. The second-order valence-electron chi connectivity index (χ2n) is 10.2. The van der Waals surface area contributed by atoms with Gasteiger partial charge < -0.3 is 10.2 Å². The molecule has 1 unspecified atom stereocenters. The number of nitrogens with one attached hydrogen (secondary N) is 1. The number of halogens is 2. The first-order chi connectivity index (χ1) is 20.5. The molecular weight excluding hydrogens is 589 g/mol. The maximum absolute atomic E-state index is 14.9. The fraction of sp³-hybridized carbons (Fsp3) is 0.212. The highest BCUT2D eigenvalue weighted by molar-refractivity contribution is 7.92. The van der Waals surface area contributed by atoms with E-state index in [-0.39, 0.29) is 29.1 Å². The van der Waals surface area contributed by atoms with Crippen LogP contribution in [-0.2, 0) is 32.6 Å². The third-order valence-corrected chi connectivity index (χ3v) is 9.32. The van der Waals surface area contributed by atoms with E-state index in [0.29, 0.717) is 5.02 Å². The highest BCUT2D eigenvalue weighted by atomic mass is 35.5. The van der Waals surface area contributed by atoms with Crippen LogP contribution in [0.2, 0.25) is 5.02 Å². The average Bonchev–Trinajstić information content (AvgIpc) is 3.00. The molecule has 1 N–H and O–H groups in total. The van der Waals surface area contributed by atoms with E-state index in [1.54, 1.807) is 24.3 Å². The summed E-state index contributed by atoms with van der Waals surface area (Å²) in [6.45, 7) is 2.86. The third-order valence-electron chi connectivity index (χ3n) is 7.27. The number of hydrogen-bond acceptors (Lipinski definition) is 4. The van der Waals surface area contributed by atoms with E-state index in [1.165, 1.54) is 54.4 Å². The molecule has 0 saturated heterocycles. The van der Waals surface area contributed by atoms with Gasteiger partial charge >= 0.3 is 0 Å². The summed E-state index contributed by atoms with van der Waals surface area (Å²) in [5.41, 5.74) is 3.02. The number of benzene rings is 4. The first-order valence-electron chi connectivity index (χ1n) is 13.6. The number of rotatable bonds is 11. The molecule has 10 heteroatoms. The number of amides is 2. The Hall–Kier alpha value is -4.21. The summed E-state index contributed by atoms with van der Waals surface area (Å²) < 4.78 is 44.0. The minimum atomic E-state index is -4.27. The SMILES string of the molecule is CNC(=O)C(Cc1ccccc1)N(Cc1ccccc1F)C(=O)CN(c1ccc(C)c(C)c1)S(=O)(=O)c1ccc(Cl)cc1. The van der Waals surface area contributed by atoms with Crippen LogP contribution in [0.25, 0.3) is 0 Å². The second kappa shape index (κ2) is 13.8. The van der Waals surface area contributed by atoms with Crippen LogP contribution in [-0.4, -0.2) is 44.8 Å². The summed E-state index contributed by atoms with van der Waals surface area (Å²) in [4.78, 5) is 28.7. The average molecular weight is 622 g/mol. The Morgan fingerprint density at radius 2 is 1.53 bits per heavy atom. The van der Waals surface area contributed by atoms with E-state index in [4.69, 9.17) is 11.6 Å². The molecule has 0 aliphatic rings. The van der Waals surface area contributed by atoms with Crippen LogP contribution in [0.15, 0.2) is 102 Å². The van der Waals surface area contributed by atoms with Crippen molar-refractivity contribution >= 4 is 39.1 Å². The van der Waals surface area contributed by atoms with Crippen molar-refractivity contribution in [3.8, 4) is 0 Å². The summed E-state index contributed by atoms with van der Waals surface area (Å²) in [7, 11) is -2.81. The monoisotopic (exact) mass is 621 g/mol. The van der Waals surface area contributed by atoms with Crippen molar-refractivity contribution in [1.29, 1.82) is 0 Å². The quantitative estimate of drug-likeness (QED) is 0.234. The van der Waals surface area contributed by atoms with Gasteiger partial charge in [0, 0.05) is 30.6 Å². The van der Waals surface area contributed by atoms with Crippen LogP contribution in [0.3, 0.4) is 0 Å². The largest absolute Gasteiger partial charge is 0.357 e. The van der Waals surface area contributed by atoms with E-state index in [9.17, 15) is 22.4 Å². The van der Waals surface area contributed by atoms with Crippen LogP contribution in [0.5, 0.6) is 0 Å². The molecular formula is C33H33ClFN3O4S. The molecule has 7 nitrogen and oxygen atoms in total. The zero-order valence-corrected chi connectivity index (χ0v) is 25.7. The minimum absolute atomic E-state index is 0.0595. The van der Waals surface area contributed by atoms with Crippen LogP contribution in [0.4, 0.5) is 10.1 Å². The lowest BCUT2D eigenvalue weighted by molar-refractivity contribution is -0.139. The summed E-state index contributed by atoms with van der Waals surface area (Å²) in [6, 6.07) is 24.8. The van der Waals surface area contributed by atoms with Crippen LogP contribution in [0.1, 0.15) is 22.3 Å². The van der Waals surface area contributed by atoms with Gasteiger partial charge in [0.05, 0.1) is 10.6 Å². The predicted molar refractivity (Wildman–Crippen MR) is 167 cm³/mol. The predicted octanol–water partition coefficient (Wildman–Crippen LogP) is 5.68. The van der Waals surface area contributed by atoms with Crippen molar-refractivity contribution in [2.45, 2.75) is 37.8 Å². The zero-order valence-electron chi connectivity index (χ0n) is 24.1. The van der Waals surface area contributed by atoms with E-state index in [1.807, 2.05) is 44.2 Å². The number of likely N-dealkylation sites (N-methyl/N-ethyl adjacent to an activating group) is 1. The summed E-state index contributed by atoms with van der Waals surface area (Å²) >= 11 is 6.02. The van der Waals surface area contributed by atoms with Gasteiger partial charge in [0.25, 0.3) is 10.0 Å². The van der Waals surface area contributed by atoms with E-state index >= 15 is 0 Å². The van der Waals surface area contributed by atoms with Gasteiger partial charge in [-0.2, -0.15) is 0 Å². The van der Waals surface area contributed by atoms with Gasteiger partial charge in [0.2, 0.25) is 11.8 Å². The van der Waals surface area contributed by atoms with Crippen molar-refractivity contribution in [3.63, 3.8) is 0 Å². The fourth-order valence-corrected chi connectivity index (χ4v) is 6.21. The Balaban J connectivity index is 1.81. The van der Waals surface area contributed by atoms with Gasteiger partial charge in [0.15, 0.2) is 0 Å². The Morgan fingerprint density at radius 1 is 0.884 bits per heavy atom. The molecule has 224 valence electrons. The van der Waals surface area contributed by atoms with Crippen molar-refractivity contribution in [2.24, 2.45) is 0 Å². The van der Waals surface area contributed by atoms with E-state index in [2.05, 4.69) is 5.32 Å². The van der Waals surface area contributed by atoms with Crippen LogP contribution < -0.4 is 9.62 Å². The lowest BCUT2D eigenvalue weighted by Gasteiger charge is -2.33. The van der Waals surface area contributed by atoms with Crippen molar-refractivity contribution in [3.05, 3.63) is 130 Å². The van der Waals surface area contributed by atoms with Crippen LogP contribution in [0, 0.1) is 19.7 Å². The van der Waals surface area contributed by atoms with Crippen molar-refractivity contribution in [1.82, 2.24) is 10.2 Å². The first kappa shape index (κ1) is 31.7. The van der Waals surface area contributed by atoms with Crippen molar-refractivity contribution in [2.75, 3.05) is 17.9 Å². The van der Waals surface area contributed by atoms with Gasteiger partial charge in [0.1, 0.15) is 18.4 Å². The maximum atomic E-state index is 14.9. The third kappa shape index (κ3) is 7.60. The number of sulfonamides is 1. The fourth-order valence-electron chi connectivity index (χ4n) is 4.67. The molecule has 0 aromatic heterocycles. The van der Waals surface area contributed by atoms with Crippen molar-refractivity contribution < 1.29 is 22.4 Å². The van der Waals surface area contributed by atoms with E-state index < -0.39 is 40.2 Å². The Kier molecular flexibility index (Phi) is 10.2. The van der Waals surface area contributed by atoms with Gasteiger partial charge in [-0.15, -0.1) is 0 Å². The molecule has 4 aromatic rings. The smallest absolute Gasteiger partial charge is 0.264 e. The summed E-state index contributed by atoms with van der Waals surface area (Å²) in [5.74, 6) is -1.69. The molecule has 1 atom stereocenters. The number of hydrogen-bond donors (Lipinski definition) is 1. The molecule has 0 aliphatic heterocycles. The normalized spacial score (nSPS) is 11.9. The Bertz CT molecular complexity index is 1700. The highest BCUT2D eigenvalue weighted by Gasteiger charge is 2.34. The lowest BCUT2D eigenvalue weighted by atomic mass is 10.0. The highest BCUT2D eigenvalue weighted by Crippen LogP contribution is 2.28. The molecule has 0 aliphatic carbocycles. The van der Waals surface area contributed by atoms with Gasteiger partial charge in [-0.3, -0.25) is 13.9 Å². The van der Waals surface area contributed by atoms with Gasteiger partial charge in [-0.25, -0.2) is 12.8 Å². The Morgan fingerprint density at radius 3 is 2.16 bits per heavy atom. The molecule has 4 aromatic carbocycles. The zero-order chi connectivity index (χ0) is 31.1. The van der Waals surface area contributed by atoms with Gasteiger partial charge in [-0.05, 0) is 73.0 Å². The molecule has 0 heterocycles. The molecule has 0 saturated carbocycles. The Labute approximate surface area is 257 Å². The lowest BCUT2D eigenvalue weighted by Crippen LogP contribution is -2.53. The molecule has 0 radical (unpaired) electrons. The number of anilines is 1. The molecule has 0 bridgehead atoms. The maximum Gasteiger partial charge on any atom is 0.264 e. The topological polar surface area (TPSA) is 86.8 Å². The minimum Gasteiger partial charge on any atom is -0.357 e. The van der Waals surface area contributed by atoms with Gasteiger partial charge in [-0.1, -0.05) is 66.2 Å². The molecule has 0 fully saturated rings. The number of carbonyl (C=O) groups excluding carboxylic acids is 2. The molecule has 43 heavy (non-hydrogen) atoms.